The molecule has 6 nitrogen and oxygen atoms in total. The number of methoxy groups -OCH3 is 1. The Morgan fingerprint density at radius 3 is 2.53 bits per heavy atom. The fourth-order valence-corrected chi connectivity index (χ4v) is 4.18. The summed E-state index contributed by atoms with van der Waals surface area (Å²) in [7, 11) is 1.49. The van der Waals surface area contributed by atoms with Crippen LogP contribution in [-0.2, 0) is 9.53 Å². The molecule has 1 aromatic heterocycles. The van der Waals surface area contributed by atoms with E-state index in [1.54, 1.807) is 34.8 Å². The SMILES string of the molecule is COCC(=O)NC(C)[C@H](Oc1ccc2c(cnn2-c2ccc(F)cc2)c1)c1ccc(SC)cc1. The molecule has 1 amide bonds. The van der Waals surface area contributed by atoms with Crippen molar-refractivity contribution in [2.75, 3.05) is 20.0 Å². The number of hydrogen-bond donors (Lipinski definition) is 1. The quantitative estimate of drug-likeness (QED) is 0.336. The minimum absolute atomic E-state index is 0.0169. The lowest BCUT2D eigenvalue weighted by Gasteiger charge is -2.26. The van der Waals surface area contributed by atoms with Gasteiger partial charge in [-0.15, -0.1) is 11.8 Å². The van der Waals surface area contributed by atoms with Gasteiger partial charge in [0.25, 0.3) is 0 Å². The van der Waals surface area contributed by atoms with Crippen molar-refractivity contribution in [2.45, 2.75) is 24.0 Å². The van der Waals surface area contributed by atoms with Crippen LogP contribution >= 0.6 is 11.8 Å². The minimum atomic E-state index is -0.415. The lowest BCUT2D eigenvalue weighted by molar-refractivity contribution is -0.126. The van der Waals surface area contributed by atoms with Crippen LogP contribution in [0.2, 0.25) is 0 Å². The Kier molecular flexibility index (Phi) is 7.49. The molecule has 0 radical (unpaired) electrons. The summed E-state index contributed by atoms with van der Waals surface area (Å²) in [5.41, 5.74) is 2.60. The second-order valence-corrected chi connectivity index (χ2v) is 8.73. The van der Waals surface area contributed by atoms with Crippen molar-refractivity contribution in [1.29, 1.82) is 0 Å². The second kappa shape index (κ2) is 10.7. The van der Waals surface area contributed by atoms with Crippen LogP contribution in [0.25, 0.3) is 16.6 Å². The van der Waals surface area contributed by atoms with Crippen LogP contribution in [0, 0.1) is 5.82 Å². The lowest BCUT2D eigenvalue weighted by atomic mass is 10.0. The van der Waals surface area contributed by atoms with Gasteiger partial charge in [-0.25, -0.2) is 9.07 Å². The summed E-state index contributed by atoms with van der Waals surface area (Å²) < 4.78 is 26.4. The first-order chi connectivity index (χ1) is 16.5. The van der Waals surface area contributed by atoms with Crippen LogP contribution in [0.4, 0.5) is 4.39 Å². The van der Waals surface area contributed by atoms with Gasteiger partial charge in [0.2, 0.25) is 5.91 Å². The van der Waals surface area contributed by atoms with E-state index in [9.17, 15) is 9.18 Å². The number of fused-ring (bicyclic) bond motifs is 1. The van der Waals surface area contributed by atoms with Gasteiger partial charge < -0.3 is 14.8 Å². The number of thioether (sulfide) groups is 1. The molecule has 0 aliphatic heterocycles. The Morgan fingerprint density at radius 2 is 1.85 bits per heavy atom. The summed E-state index contributed by atoms with van der Waals surface area (Å²) in [6.07, 6.45) is 3.36. The maximum Gasteiger partial charge on any atom is 0.246 e. The van der Waals surface area contributed by atoms with Gasteiger partial charge in [-0.3, -0.25) is 4.79 Å². The highest BCUT2D eigenvalue weighted by Crippen LogP contribution is 2.30. The molecule has 176 valence electrons. The third-order valence-corrected chi connectivity index (χ3v) is 6.18. The molecule has 8 heteroatoms. The van der Waals surface area contributed by atoms with Gasteiger partial charge >= 0.3 is 0 Å². The first-order valence-corrected chi connectivity index (χ1v) is 12.0. The number of nitrogens with one attached hydrogen (secondary N) is 1. The Balaban J connectivity index is 1.62. The van der Waals surface area contributed by atoms with E-state index in [-0.39, 0.29) is 24.4 Å². The molecule has 0 saturated carbocycles. The van der Waals surface area contributed by atoms with Gasteiger partial charge in [-0.1, -0.05) is 12.1 Å². The molecule has 0 spiro atoms. The summed E-state index contributed by atoms with van der Waals surface area (Å²) >= 11 is 1.66. The standard InChI is InChI=1S/C26H26FN3O3S/c1-17(29-25(31)16-32-2)26(18-4-11-23(34-3)12-5-18)33-22-10-13-24-19(14-22)15-28-30(24)21-8-6-20(27)7-9-21/h4-15,17,26H,16H2,1-3H3,(H,29,31)/t17?,26-/m0/s1. The molecule has 0 aliphatic rings. The van der Waals surface area contributed by atoms with Crippen molar-refractivity contribution >= 4 is 28.6 Å². The molecule has 4 rings (SSSR count). The Hall–Kier alpha value is -3.36. The van der Waals surface area contributed by atoms with Crippen LogP contribution in [0.15, 0.2) is 77.8 Å². The first-order valence-electron chi connectivity index (χ1n) is 10.8. The molecule has 4 aromatic rings. The number of rotatable bonds is 9. The Morgan fingerprint density at radius 1 is 1.12 bits per heavy atom. The number of carbonyl (C=O) groups excluding carboxylic acids is 1. The van der Waals surface area contributed by atoms with Crippen molar-refractivity contribution in [1.82, 2.24) is 15.1 Å². The predicted octanol–water partition coefficient (Wildman–Crippen LogP) is 5.16. The fourth-order valence-electron chi connectivity index (χ4n) is 3.77. The lowest BCUT2D eigenvalue weighted by Crippen LogP contribution is -2.40. The number of nitrogens with zero attached hydrogens (tertiary/aromatic N) is 2. The molecule has 0 aliphatic carbocycles. The Labute approximate surface area is 202 Å². The maximum absolute atomic E-state index is 13.3. The zero-order chi connectivity index (χ0) is 24.1. The number of benzene rings is 3. The largest absolute Gasteiger partial charge is 0.484 e. The van der Waals surface area contributed by atoms with Crippen molar-refractivity contribution in [3.8, 4) is 11.4 Å². The minimum Gasteiger partial charge on any atom is -0.484 e. The van der Waals surface area contributed by atoms with Crippen LogP contribution < -0.4 is 10.1 Å². The van der Waals surface area contributed by atoms with Crippen LogP contribution in [0.5, 0.6) is 5.75 Å². The zero-order valence-corrected chi connectivity index (χ0v) is 20.0. The molecule has 1 unspecified atom stereocenters. The topological polar surface area (TPSA) is 65.4 Å². The van der Waals surface area contributed by atoms with Crippen molar-refractivity contribution < 1.29 is 18.7 Å². The number of carbonyl (C=O) groups is 1. The fraction of sp³-hybridized carbons (Fsp3) is 0.231. The first kappa shape index (κ1) is 23.8. The number of amides is 1. The third kappa shape index (κ3) is 5.40. The second-order valence-electron chi connectivity index (χ2n) is 7.85. The summed E-state index contributed by atoms with van der Waals surface area (Å²) in [6.45, 7) is 1.89. The van der Waals surface area contributed by atoms with Gasteiger partial charge in [-0.05, 0) is 73.3 Å². The highest BCUT2D eigenvalue weighted by Gasteiger charge is 2.23. The summed E-state index contributed by atoms with van der Waals surface area (Å²) in [5, 5.41) is 8.29. The highest BCUT2D eigenvalue weighted by molar-refractivity contribution is 7.98. The predicted molar refractivity (Wildman–Crippen MR) is 132 cm³/mol. The van der Waals surface area contributed by atoms with E-state index in [1.807, 2.05) is 55.6 Å². The van der Waals surface area contributed by atoms with Crippen LogP contribution in [0.1, 0.15) is 18.6 Å². The average molecular weight is 480 g/mol. The van der Waals surface area contributed by atoms with Gasteiger partial charge in [0.05, 0.1) is 23.4 Å². The van der Waals surface area contributed by atoms with Gasteiger partial charge in [0.15, 0.2) is 0 Å². The van der Waals surface area contributed by atoms with E-state index in [0.717, 1.165) is 27.0 Å². The maximum atomic E-state index is 13.3. The van der Waals surface area contributed by atoms with Gasteiger partial charge in [0, 0.05) is 17.4 Å². The molecule has 1 N–H and O–H groups in total. The number of hydrogen-bond acceptors (Lipinski definition) is 5. The molecular weight excluding hydrogens is 453 g/mol. The van der Waals surface area contributed by atoms with E-state index >= 15 is 0 Å². The summed E-state index contributed by atoms with van der Waals surface area (Å²) in [5.74, 6) is 0.150. The average Bonchev–Trinajstić information content (AvgIpc) is 3.26. The molecule has 34 heavy (non-hydrogen) atoms. The van der Waals surface area contributed by atoms with Crippen molar-refractivity contribution in [2.24, 2.45) is 0 Å². The molecule has 0 fully saturated rings. The molecule has 3 aromatic carbocycles. The molecule has 0 saturated heterocycles. The zero-order valence-electron chi connectivity index (χ0n) is 19.2. The molecular formula is C26H26FN3O3S. The van der Waals surface area contributed by atoms with E-state index in [1.165, 1.54) is 19.2 Å². The Bertz CT molecular complexity index is 1260. The van der Waals surface area contributed by atoms with E-state index in [0.29, 0.717) is 5.75 Å². The summed E-state index contributed by atoms with van der Waals surface area (Å²) in [6, 6.07) is 19.7. The highest BCUT2D eigenvalue weighted by atomic mass is 32.2. The summed E-state index contributed by atoms with van der Waals surface area (Å²) in [4.78, 5) is 13.3. The number of aromatic nitrogens is 2. The van der Waals surface area contributed by atoms with Gasteiger partial charge in [-0.2, -0.15) is 5.10 Å². The number of halogens is 1. The number of ether oxygens (including phenoxy) is 2. The molecule has 0 bridgehead atoms. The van der Waals surface area contributed by atoms with Crippen molar-refractivity contribution in [3.05, 3.63) is 84.3 Å². The van der Waals surface area contributed by atoms with Crippen LogP contribution in [0.3, 0.4) is 0 Å². The van der Waals surface area contributed by atoms with Gasteiger partial charge in [0.1, 0.15) is 24.3 Å². The molecule has 2 atom stereocenters. The molecule has 1 heterocycles. The van der Waals surface area contributed by atoms with Crippen LogP contribution in [-0.4, -0.2) is 41.7 Å². The normalized spacial score (nSPS) is 12.9. The smallest absolute Gasteiger partial charge is 0.246 e. The van der Waals surface area contributed by atoms with E-state index in [4.69, 9.17) is 9.47 Å². The third-order valence-electron chi connectivity index (χ3n) is 5.44. The van der Waals surface area contributed by atoms with Crippen molar-refractivity contribution in [3.63, 3.8) is 0 Å². The van der Waals surface area contributed by atoms with E-state index < -0.39 is 6.10 Å². The van der Waals surface area contributed by atoms with E-state index in [2.05, 4.69) is 10.4 Å². The monoisotopic (exact) mass is 479 g/mol.